The van der Waals surface area contributed by atoms with Crippen molar-refractivity contribution < 1.29 is 5.11 Å². The van der Waals surface area contributed by atoms with Gasteiger partial charge in [0.05, 0.1) is 0 Å². The first-order valence-electron chi connectivity index (χ1n) is 4.59. The van der Waals surface area contributed by atoms with Crippen LogP contribution in [0, 0.1) is 6.92 Å². The average molecular weight is 238 g/mol. The van der Waals surface area contributed by atoms with E-state index in [4.69, 9.17) is 5.11 Å². The Kier molecular flexibility index (Phi) is 4.08. The van der Waals surface area contributed by atoms with E-state index in [0.29, 0.717) is 0 Å². The molecular weight excluding hydrogens is 226 g/mol. The summed E-state index contributed by atoms with van der Waals surface area (Å²) in [4.78, 5) is 8.08. The lowest BCUT2D eigenvalue weighted by Crippen LogP contribution is -1.94. The third-order valence-corrected chi connectivity index (χ3v) is 1.94. The number of rotatable bonds is 2. The Morgan fingerprint density at radius 2 is 1.81 bits per heavy atom. The van der Waals surface area contributed by atoms with Crippen LogP contribution in [-0.4, -0.2) is 15.1 Å². The predicted molar refractivity (Wildman–Crippen MR) is 65.4 cm³/mol. The summed E-state index contributed by atoms with van der Waals surface area (Å²) in [7, 11) is 0. The van der Waals surface area contributed by atoms with Crippen LogP contribution in [-0.2, 0) is 0 Å². The van der Waals surface area contributed by atoms with E-state index >= 15 is 0 Å². The van der Waals surface area contributed by atoms with Gasteiger partial charge in [0.1, 0.15) is 17.9 Å². The van der Waals surface area contributed by atoms with E-state index in [0.717, 1.165) is 17.2 Å². The molecule has 0 saturated carbocycles. The van der Waals surface area contributed by atoms with Crippen molar-refractivity contribution in [3.63, 3.8) is 0 Å². The molecule has 16 heavy (non-hydrogen) atoms. The number of aryl methyl sites for hydroxylation is 1. The number of hydrogen-bond acceptors (Lipinski definition) is 4. The zero-order valence-electron chi connectivity index (χ0n) is 8.71. The first-order chi connectivity index (χ1) is 7.24. The molecule has 4 nitrogen and oxygen atoms in total. The summed E-state index contributed by atoms with van der Waals surface area (Å²) >= 11 is 0. The van der Waals surface area contributed by atoms with Crippen molar-refractivity contribution >= 4 is 23.9 Å². The van der Waals surface area contributed by atoms with E-state index in [9.17, 15) is 0 Å². The topological polar surface area (TPSA) is 58.0 Å². The fourth-order valence-electron chi connectivity index (χ4n) is 1.22. The van der Waals surface area contributed by atoms with Crippen LogP contribution in [0.5, 0.6) is 5.75 Å². The number of benzene rings is 1. The van der Waals surface area contributed by atoms with Crippen LogP contribution in [0.1, 0.15) is 5.69 Å². The quantitative estimate of drug-likeness (QED) is 0.789. The van der Waals surface area contributed by atoms with Gasteiger partial charge in [0.25, 0.3) is 0 Å². The Morgan fingerprint density at radius 3 is 2.44 bits per heavy atom. The maximum Gasteiger partial charge on any atom is 0.133 e. The van der Waals surface area contributed by atoms with Gasteiger partial charge in [-0.25, -0.2) is 9.97 Å². The van der Waals surface area contributed by atoms with Crippen LogP contribution in [0.2, 0.25) is 0 Å². The van der Waals surface area contributed by atoms with Gasteiger partial charge in [-0.2, -0.15) is 0 Å². The predicted octanol–water partition coefficient (Wildman–Crippen LogP) is 2.66. The number of hydrogen-bond donors (Lipinski definition) is 2. The van der Waals surface area contributed by atoms with Crippen LogP contribution < -0.4 is 5.32 Å². The highest BCUT2D eigenvalue weighted by atomic mass is 35.5. The molecule has 0 unspecified atom stereocenters. The molecular formula is C11H12ClN3O. The van der Waals surface area contributed by atoms with Gasteiger partial charge >= 0.3 is 0 Å². The average Bonchev–Trinajstić information content (AvgIpc) is 2.22. The van der Waals surface area contributed by atoms with Gasteiger partial charge < -0.3 is 10.4 Å². The number of phenols is 1. The van der Waals surface area contributed by atoms with Gasteiger partial charge in [0.15, 0.2) is 0 Å². The summed E-state index contributed by atoms with van der Waals surface area (Å²) in [6.07, 6.45) is 1.51. The van der Waals surface area contributed by atoms with Crippen molar-refractivity contribution in [1.82, 2.24) is 9.97 Å². The minimum atomic E-state index is 0. The fraction of sp³-hybridized carbons (Fsp3) is 0.0909. The maximum absolute atomic E-state index is 9.11. The molecule has 0 fully saturated rings. The molecule has 0 aliphatic carbocycles. The van der Waals surface area contributed by atoms with Crippen molar-refractivity contribution in [2.45, 2.75) is 6.92 Å². The number of aromatic hydroxyl groups is 1. The molecule has 5 heteroatoms. The van der Waals surface area contributed by atoms with Gasteiger partial charge in [-0.3, -0.25) is 0 Å². The number of nitrogens with zero attached hydrogens (tertiary/aromatic N) is 2. The number of aromatic nitrogens is 2. The molecule has 2 N–H and O–H groups in total. The number of nitrogens with one attached hydrogen (secondary N) is 1. The third-order valence-electron chi connectivity index (χ3n) is 1.94. The normalized spacial score (nSPS) is 9.31. The Bertz CT molecular complexity index is 459. The summed E-state index contributed by atoms with van der Waals surface area (Å²) < 4.78 is 0. The summed E-state index contributed by atoms with van der Waals surface area (Å²) in [6.45, 7) is 1.91. The smallest absolute Gasteiger partial charge is 0.133 e. The number of halogens is 1. The van der Waals surface area contributed by atoms with E-state index in [1.165, 1.54) is 6.33 Å². The largest absolute Gasteiger partial charge is 0.508 e. The van der Waals surface area contributed by atoms with E-state index < -0.39 is 0 Å². The van der Waals surface area contributed by atoms with Crippen LogP contribution in [0.4, 0.5) is 11.5 Å². The van der Waals surface area contributed by atoms with Crippen molar-refractivity contribution in [2.24, 2.45) is 0 Å². The fourth-order valence-corrected chi connectivity index (χ4v) is 1.22. The molecule has 0 spiro atoms. The highest BCUT2D eigenvalue weighted by molar-refractivity contribution is 5.85. The summed E-state index contributed by atoms with van der Waals surface area (Å²) in [5, 5.41) is 12.2. The van der Waals surface area contributed by atoms with Gasteiger partial charge in [-0.15, -0.1) is 12.4 Å². The molecule has 0 amide bonds. The summed E-state index contributed by atoms with van der Waals surface area (Å²) in [5.74, 6) is 0.993. The van der Waals surface area contributed by atoms with Crippen molar-refractivity contribution in [3.8, 4) is 5.75 Å². The Morgan fingerprint density at radius 1 is 1.12 bits per heavy atom. The first kappa shape index (κ1) is 12.3. The molecule has 1 aromatic carbocycles. The SMILES string of the molecule is Cc1cc(Nc2ccc(O)cc2)ncn1.Cl. The van der Waals surface area contributed by atoms with E-state index in [2.05, 4.69) is 15.3 Å². The highest BCUT2D eigenvalue weighted by Gasteiger charge is 1.96. The molecule has 1 aromatic heterocycles. The van der Waals surface area contributed by atoms with Crippen molar-refractivity contribution in [2.75, 3.05) is 5.32 Å². The monoisotopic (exact) mass is 237 g/mol. The van der Waals surface area contributed by atoms with Gasteiger partial charge in [-0.05, 0) is 31.2 Å². The first-order valence-corrected chi connectivity index (χ1v) is 4.59. The zero-order chi connectivity index (χ0) is 10.7. The Labute approximate surface area is 99.8 Å². The molecule has 0 atom stereocenters. The van der Waals surface area contributed by atoms with Crippen molar-refractivity contribution in [1.29, 1.82) is 0 Å². The van der Waals surface area contributed by atoms with Crippen LogP contribution >= 0.6 is 12.4 Å². The molecule has 0 aliphatic heterocycles. The standard InChI is InChI=1S/C11H11N3O.ClH/c1-8-6-11(13-7-12-8)14-9-2-4-10(15)5-3-9;/h2-7,15H,1H3,(H,12,13,14);1H. The van der Waals surface area contributed by atoms with Crippen LogP contribution in [0.3, 0.4) is 0 Å². The lowest BCUT2D eigenvalue weighted by molar-refractivity contribution is 0.475. The van der Waals surface area contributed by atoms with Gasteiger partial charge in [0, 0.05) is 17.4 Å². The second-order valence-electron chi connectivity index (χ2n) is 3.22. The van der Waals surface area contributed by atoms with E-state index in [1.54, 1.807) is 24.3 Å². The number of anilines is 2. The second kappa shape index (κ2) is 5.32. The Hall–Kier alpha value is -1.81. The second-order valence-corrected chi connectivity index (χ2v) is 3.22. The van der Waals surface area contributed by atoms with E-state index in [1.807, 2.05) is 13.0 Å². The zero-order valence-corrected chi connectivity index (χ0v) is 9.53. The lowest BCUT2D eigenvalue weighted by atomic mass is 10.3. The third kappa shape index (κ3) is 3.10. The molecule has 2 rings (SSSR count). The molecule has 0 aliphatic rings. The minimum Gasteiger partial charge on any atom is -0.508 e. The summed E-state index contributed by atoms with van der Waals surface area (Å²) in [5.41, 5.74) is 1.79. The molecule has 0 radical (unpaired) electrons. The lowest BCUT2D eigenvalue weighted by Gasteiger charge is -2.05. The van der Waals surface area contributed by atoms with Crippen molar-refractivity contribution in [3.05, 3.63) is 42.4 Å². The highest BCUT2D eigenvalue weighted by Crippen LogP contribution is 2.17. The molecule has 1 heterocycles. The summed E-state index contributed by atoms with van der Waals surface area (Å²) in [6, 6.07) is 8.67. The molecule has 2 aromatic rings. The van der Waals surface area contributed by atoms with Gasteiger partial charge in [-0.1, -0.05) is 0 Å². The van der Waals surface area contributed by atoms with Crippen LogP contribution in [0.25, 0.3) is 0 Å². The molecule has 84 valence electrons. The molecule has 0 bridgehead atoms. The number of phenolic OH excluding ortho intramolecular Hbond substituents is 1. The Balaban J connectivity index is 0.00000128. The van der Waals surface area contributed by atoms with Gasteiger partial charge in [0.2, 0.25) is 0 Å². The van der Waals surface area contributed by atoms with Crippen LogP contribution in [0.15, 0.2) is 36.7 Å². The minimum absolute atomic E-state index is 0. The van der Waals surface area contributed by atoms with E-state index in [-0.39, 0.29) is 18.2 Å². The maximum atomic E-state index is 9.11. The molecule has 0 saturated heterocycles.